The molecule has 0 fully saturated rings. The Kier molecular flexibility index (Phi) is 4.11. The van der Waals surface area contributed by atoms with Crippen LogP contribution in [0, 0.1) is 13.8 Å². The van der Waals surface area contributed by atoms with Crippen molar-refractivity contribution in [3.63, 3.8) is 0 Å². The summed E-state index contributed by atoms with van der Waals surface area (Å²) in [5.74, 6) is -0.320. The molecule has 0 saturated carbocycles. The van der Waals surface area contributed by atoms with Gasteiger partial charge in [0, 0.05) is 11.3 Å². The highest BCUT2D eigenvalue weighted by atomic mass is 32.2. The van der Waals surface area contributed by atoms with Crippen molar-refractivity contribution in [3.05, 3.63) is 89.2 Å². The van der Waals surface area contributed by atoms with Crippen LogP contribution in [0.1, 0.15) is 27.3 Å². The van der Waals surface area contributed by atoms with Gasteiger partial charge in [-0.2, -0.15) is 0 Å². The lowest BCUT2D eigenvalue weighted by molar-refractivity contribution is 0.103. The number of rotatable bonds is 4. The lowest BCUT2D eigenvalue weighted by Gasteiger charge is -2.12. The summed E-state index contributed by atoms with van der Waals surface area (Å²) in [7, 11) is -3.83. The highest BCUT2D eigenvalue weighted by Gasteiger charge is 2.25. The predicted molar refractivity (Wildman–Crippen MR) is 92.8 cm³/mol. The molecule has 0 radical (unpaired) electrons. The summed E-state index contributed by atoms with van der Waals surface area (Å²) < 4.78 is 27.1. The largest absolute Gasteiger partial charge is 0.287 e. The van der Waals surface area contributed by atoms with E-state index in [1.807, 2.05) is 13.0 Å². The van der Waals surface area contributed by atoms with E-state index in [1.165, 1.54) is 0 Å². The molecule has 3 aromatic rings. The standard InChI is InChI=1S/C19H17NO3S/c1-14-8-11-17(12-9-14)24(22,23)20-15(2)10-13-18(20)19(21)16-6-4-3-5-7-16/h3-13H,1-2H3. The molecule has 0 amide bonds. The molecule has 1 aromatic heterocycles. The van der Waals surface area contributed by atoms with E-state index >= 15 is 0 Å². The lowest BCUT2D eigenvalue weighted by atomic mass is 10.1. The van der Waals surface area contributed by atoms with Gasteiger partial charge in [-0.25, -0.2) is 12.4 Å². The first-order chi connectivity index (χ1) is 11.4. The summed E-state index contributed by atoms with van der Waals surface area (Å²) in [5, 5.41) is 0. The number of carbonyl (C=O) groups excluding carboxylic acids is 1. The van der Waals surface area contributed by atoms with E-state index in [0.717, 1.165) is 9.54 Å². The smallest absolute Gasteiger partial charge is 0.268 e. The van der Waals surface area contributed by atoms with Gasteiger partial charge in [-0.1, -0.05) is 48.0 Å². The van der Waals surface area contributed by atoms with Crippen LogP contribution in [0.15, 0.2) is 71.6 Å². The van der Waals surface area contributed by atoms with Crippen molar-refractivity contribution in [3.8, 4) is 0 Å². The molecule has 0 spiro atoms. The van der Waals surface area contributed by atoms with Gasteiger partial charge in [-0.05, 0) is 38.1 Å². The Morgan fingerprint density at radius 3 is 2.08 bits per heavy atom. The van der Waals surface area contributed by atoms with Gasteiger partial charge in [-0.3, -0.25) is 4.79 Å². The highest BCUT2D eigenvalue weighted by molar-refractivity contribution is 7.90. The van der Waals surface area contributed by atoms with Gasteiger partial charge in [0.05, 0.1) is 4.90 Å². The molecule has 5 heteroatoms. The monoisotopic (exact) mass is 339 g/mol. The summed E-state index contributed by atoms with van der Waals surface area (Å²) >= 11 is 0. The molecule has 1 heterocycles. The van der Waals surface area contributed by atoms with Gasteiger partial charge in [-0.15, -0.1) is 0 Å². The minimum Gasteiger partial charge on any atom is -0.287 e. The Bertz CT molecular complexity index is 985. The molecule has 3 rings (SSSR count). The number of ketones is 1. The zero-order valence-electron chi connectivity index (χ0n) is 13.4. The number of hydrogen-bond donors (Lipinski definition) is 0. The second kappa shape index (κ2) is 6.09. The molecule has 0 aliphatic rings. The maximum Gasteiger partial charge on any atom is 0.268 e. The molecular formula is C19H17NO3S. The van der Waals surface area contributed by atoms with Crippen LogP contribution in [0.25, 0.3) is 0 Å². The molecular weight excluding hydrogens is 322 g/mol. The summed E-state index contributed by atoms with van der Waals surface area (Å²) in [6.45, 7) is 3.56. The van der Waals surface area contributed by atoms with Gasteiger partial charge < -0.3 is 0 Å². The quantitative estimate of drug-likeness (QED) is 0.683. The molecule has 4 nitrogen and oxygen atoms in total. The van der Waals surface area contributed by atoms with Crippen LogP contribution >= 0.6 is 0 Å². The number of benzene rings is 2. The fraction of sp³-hybridized carbons (Fsp3) is 0.105. The second-order valence-corrected chi connectivity index (χ2v) is 7.42. The number of aryl methyl sites for hydroxylation is 2. The molecule has 0 atom stereocenters. The lowest BCUT2D eigenvalue weighted by Crippen LogP contribution is -2.20. The van der Waals surface area contributed by atoms with E-state index in [9.17, 15) is 13.2 Å². The fourth-order valence-electron chi connectivity index (χ4n) is 2.56. The van der Waals surface area contributed by atoms with Gasteiger partial charge in [0.15, 0.2) is 0 Å². The minimum absolute atomic E-state index is 0.138. The van der Waals surface area contributed by atoms with Crippen molar-refractivity contribution in [2.45, 2.75) is 18.7 Å². The Morgan fingerprint density at radius 1 is 0.833 bits per heavy atom. The molecule has 0 aliphatic carbocycles. The first-order valence-corrected chi connectivity index (χ1v) is 8.95. The van der Waals surface area contributed by atoms with Crippen LogP contribution < -0.4 is 0 Å². The summed E-state index contributed by atoms with van der Waals surface area (Å²) in [6, 6.07) is 18.4. The van der Waals surface area contributed by atoms with Crippen LogP contribution in [0.3, 0.4) is 0 Å². The molecule has 0 unspecified atom stereocenters. The average Bonchev–Trinajstić information content (AvgIpc) is 2.98. The van der Waals surface area contributed by atoms with Crippen molar-refractivity contribution in [2.24, 2.45) is 0 Å². The second-order valence-electron chi connectivity index (χ2n) is 5.64. The number of hydrogen-bond acceptors (Lipinski definition) is 3. The van der Waals surface area contributed by atoms with Crippen molar-refractivity contribution < 1.29 is 13.2 Å². The summed E-state index contributed by atoms with van der Waals surface area (Å²) in [6.07, 6.45) is 0. The Morgan fingerprint density at radius 2 is 1.46 bits per heavy atom. The fourth-order valence-corrected chi connectivity index (χ4v) is 4.10. The molecule has 0 N–H and O–H groups in total. The molecule has 24 heavy (non-hydrogen) atoms. The molecule has 0 bridgehead atoms. The van der Waals surface area contributed by atoms with Crippen LogP contribution in [-0.2, 0) is 10.0 Å². The zero-order valence-corrected chi connectivity index (χ0v) is 14.2. The van der Waals surface area contributed by atoms with Crippen molar-refractivity contribution in [1.29, 1.82) is 0 Å². The van der Waals surface area contributed by atoms with Gasteiger partial charge in [0.1, 0.15) is 5.69 Å². The summed E-state index contributed by atoms with van der Waals surface area (Å²) in [4.78, 5) is 12.9. The van der Waals surface area contributed by atoms with Crippen molar-refractivity contribution >= 4 is 15.8 Å². The van der Waals surface area contributed by atoms with E-state index in [0.29, 0.717) is 11.3 Å². The predicted octanol–water partition coefficient (Wildman–Crippen LogP) is 3.57. The van der Waals surface area contributed by atoms with E-state index in [1.54, 1.807) is 67.6 Å². The maximum absolute atomic E-state index is 13.0. The Hall–Kier alpha value is -2.66. The van der Waals surface area contributed by atoms with Crippen LogP contribution in [-0.4, -0.2) is 18.2 Å². The summed E-state index contributed by atoms with van der Waals surface area (Å²) in [5.41, 5.74) is 2.06. The van der Waals surface area contributed by atoms with Crippen LogP contribution in [0.2, 0.25) is 0 Å². The van der Waals surface area contributed by atoms with E-state index in [-0.39, 0.29) is 16.4 Å². The third kappa shape index (κ3) is 2.78. The Labute approximate surface area is 141 Å². The van der Waals surface area contributed by atoms with Crippen molar-refractivity contribution in [2.75, 3.05) is 0 Å². The number of aromatic nitrogens is 1. The van der Waals surface area contributed by atoms with Gasteiger partial charge in [0.2, 0.25) is 5.78 Å². The highest BCUT2D eigenvalue weighted by Crippen LogP contribution is 2.22. The van der Waals surface area contributed by atoms with E-state index in [2.05, 4.69) is 0 Å². The first kappa shape index (κ1) is 16.2. The number of carbonyl (C=O) groups is 1. The molecule has 0 saturated heterocycles. The average molecular weight is 339 g/mol. The normalized spacial score (nSPS) is 11.4. The van der Waals surface area contributed by atoms with Crippen LogP contribution in [0.4, 0.5) is 0 Å². The third-order valence-electron chi connectivity index (χ3n) is 3.85. The SMILES string of the molecule is Cc1ccc(S(=O)(=O)n2c(C)ccc2C(=O)c2ccccc2)cc1. The zero-order chi connectivity index (χ0) is 17.3. The molecule has 0 aliphatic heterocycles. The molecule has 122 valence electrons. The minimum atomic E-state index is -3.83. The Balaban J connectivity index is 2.14. The number of nitrogens with zero attached hydrogens (tertiary/aromatic N) is 1. The maximum atomic E-state index is 13.0. The van der Waals surface area contributed by atoms with Crippen molar-refractivity contribution in [1.82, 2.24) is 3.97 Å². The molecule has 2 aromatic carbocycles. The van der Waals surface area contributed by atoms with Gasteiger partial charge >= 0.3 is 0 Å². The topological polar surface area (TPSA) is 56.1 Å². The van der Waals surface area contributed by atoms with E-state index in [4.69, 9.17) is 0 Å². The van der Waals surface area contributed by atoms with Gasteiger partial charge in [0.25, 0.3) is 10.0 Å². The first-order valence-electron chi connectivity index (χ1n) is 7.51. The third-order valence-corrected chi connectivity index (χ3v) is 5.68. The van der Waals surface area contributed by atoms with E-state index < -0.39 is 10.0 Å². The van der Waals surface area contributed by atoms with Crippen LogP contribution in [0.5, 0.6) is 0 Å².